The molecule has 24 heavy (non-hydrogen) atoms. The summed E-state index contributed by atoms with van der Waals surface area (Å²) in [6.45, 7) is 4.12. The molecule has 0 fully saturated rings. The first-order valence-electron chi connectivity index (χ1n) is 8.22. The van der Waals surface area contributed by atoms with E-state index in [1.54, 1.807) is 0 Å². The zero-order valence-corrected chi connectivity index (χ0v) is 13.4. The zero-order chi connectivity index (χ0) is 16.4. The van der Waals surface area contributed by atoms with Gasteiger partial charge in [-0.25, -0.2) is 0 Å². The molecule has 1 heteroatoms. The molecule has 4 rings (SSSR count). The average molecular weight is 309 g/mol. The summed E-state index contributed by atoms with van der Waals surface area (Å²) in [5, 5.41) is 1.25. The Morgan fingerprint density at radius 1 is 0.750 bits per heavy atom. The summed E-state index contributed by atoms with van der Waals surface area (Å²) in [6, 6.07) is 29.6. The second-order valence-corrected chi connectivity index (χ2v) is 5.95. The van der Waals surface area contributed by atoms with E-state index in [0.717, 1.165) is 5.52 Å². The van der Waals surface area contributed by atoms with E-state index in [-0.39, 0.29) is 5.92 Å². The minimum atomic E-state index is 0.151. The first-order chi connectivity index (χ1) is 11.9. The number of hydrogen-bond acceptors (Lipinski definition) is 0. The van der Waals surface area contributed by atoms with E-state index < -0.39 is 0 Å². The second-order valence-electron chi connectivity index (χ2n) is 5.95. The molecule has 3 aromatic carbocycles. The molecule has 1 atom stereocenters. The lowest BCUT2D eigenvalue weighted by Crippen LogP contribution is -1.98. The van der Waals surface area contributed by atoms with E-state index in [4.69, 9.17) is 0 Å². The summed E-state index contributed by atoms with van der Waals surface area (Å²) < 4.78 is 0. The predicted octanol–water partition coefficient (Wildman–Crippen LogP) is 6.15. The lowest BCUT2D eigenvalue weighted by molar-refractivity contribution is 1.04. The second kappa shape index (κ2) is 6.21. The number of para-hydroxylation sites is 1. The summed E-state index contributed by atoms with van der Waals surface area (Å²) in [5.74, 6) is 0.151. The molecule has 0 aliphatic heterocycles. The van der Waals surface area contributed by atoms with E-state index in [9.17, 15) is 0 Å². The maximum absolute atomic E-state index is 4.12. The number of aromatic amines is 1. The number of H-pyrrole nitrogens is 1. The average Bonchev–Trinajstić information content (AvgIpc) is 3.04. The van der Waals surface area contributed by atoms with Gasteiger partial charge in [0.15, 0.2) is 0 Å². The van der Waals surface area contributed by atoms with Gasteiger partial charge < -0.3 is 4.98 Å². The normalized spacial score (nSPS) is 12.2. The zero-order valence-electron chi connectivity index (χ0n) is 13.4. The van der Waals surface area contributed by atoms with E-state index in [1.165, 1.54) is 27.8 Å². The van der Waals surface area contributed by atoms with E-state index >= 15 is 0 Å². The SMILES string of the molecule is C=CC(c1ccccc1)c1c(-c2ccccc2)[nH]c2ccccc12. The van der Waals surface area contributed by atoms with Crippen LogP contribution in [0.1, 0.15) is 17.0 Å². The number of fused-ring (bicyclic) bond motifs is 1. The van der Waals surface area contributed by atoms with Gasteiger partial charge in [-0.3, -0.25) is 0 Å². The quantitative estimate of drug-likeness (QED) is 0.435. The van der Waals surface area contributed by atoms with Crippen LogP contribution in [-0.2, 0) is 0 Å². The van der Waals surface area contributed by atoms with Crippen molar-refractivity contribution < 1.29 is 0 Å². The predicted molar refractivity (Wildman–Crippen MR) is 102 cm³/mol. The summed E-state index contributed by atoms with van der Waals surface area (Å²) in [5.41, 5.74) is 6.08. The fourth-order valence-corrected chi connectivity index (χ4v) is 3.40. The van der Waals surface area contributed by atoms with E-state index in [0.29, 0.717) is 0 Å². The van der Waals surface area contributed by atoms with Crippen LogP contribution in [0.25, 0.3) is 22.2 Å². The van der Waals surface area contributed by atoms with Gasteiger partial charge in [0.05, 0.1) is 5.69 Å². The third kappa shape index (κ3) is 2.44. The summed E-state index contributed by atoms with van der Waals surface area (Å²) >= 11 is 0. The lowest BCUT2D eigenvalue weighted by Gasteiger charge is -2.15. The molecule has 0 aliphatic rings. The van der Waals surface area contributed by atoms with Crippen molar-refractivity contribution in [2.24, 2.45) is 0 Å². The number of benzene rings is 3. The maximum Gasteiger partial charge on any atom is 0.0506 e. The topological polar surface area (TPSA) is 15.8 Å². The van der Waals surface area contributed by atoms with Crippen molar-refractivity contribution in [3.05, 3.63) is 109 Å². The fraction of sp³-hybridized carbons (Fsp3) is 0.0435. The van der Waals surface area contributed by atoms with Crippen LogP contribution in [0.4, 0.5) is 0 Å². The van der Waals surface area contributed by atoms with Gasteiger partial charge in [-0.05, 0) is 22.8 Å². The van der Waals surface area contributed by atoms with Gasteiger partial charge in [0.25, 0.3) is 0 Å². The Morgan fingerprint density at radius 3 is 2.08 bits per heavy atom. The third-order valence-electron chi connectivity index (χ3n) is 4.51. The number of aromatic nitrogens is 1. The van der Waals surface area contributed by atoms with Crippen LogP contribution in [0.3, 0.4) is 0 Å². The van der Waals surface area contributed by atoms with Gasteiger partial charge in [0.1, 0.15) is 0 Å². The number of hydrogen-bond donors (Lipinski definition) is 1. The molecule has 1 aromatic heterocycles. The monoisotopic (exact) mass is 309 g/mol. The Bertz CT molecular complexity index is 965. The smallest absolute Gasteiger partial charge is 0.0506 e. The largest absolute Gasteiger partial charge is 0.354 e. The molecule has 4 aromatic rings. The van der Waals surface area contributed by atoms with Gasteiger partial charge in [0.2, 0.25) is 0 Å². The molecule has 0 saturated heterocycles. The standard InChI is InChI=1S/C23H19N/c1-2-19(17-11-5-3-6-12-17)22-20-15-9-10-16-21(20)24-23(22)18-13-7-4-8-14-18/h2-16,19,24H,1H2. The van der Waals surface area contributed by atoms with Crippen LogP contribution in [0, 0.1) is 0 Å². The van der Waals surface area contributed by atoms with Gasteiger partial charge >= 0.3 is 0 Å². The van der Waals surface area contributed by atoms with Crippen molar-refractivity contribution in [1.29, 1.82) is 0 Å². The van der Waals surface area contributed by atoms with Crippen molar-refractivity contribution in [1.82, 2.24) is 4.98 Å². The number of rotatable bonds is 4. The lowest BCUT2D eigenvalue weighted by atomic mass is 9.88. The van der Waals surface area contributed by atoms with Crippen molar-refractivity contribution in [3.63, 3.8) is 0 Å². The van der Waals surface area contributed by atoms with Crippen molar-refractivity contribution in [2.45, 2.75) is 5.92 Å². The molecule has 0 aliphatic carbocycles. The molecule has 0 spiro atoms. The van der Waals surface area contributed by atoms with Crippen molar-refractivity contribution in [3.8, 4) is 11.3 Å². The van der Waals surface area contributed by atoms with E-state index in [2.05, 4.69) is 90.4 Å². The molecule has 0 saturated carbocycles. The fourth-order valence-electron chi connectivity index (χ4n) is 3.40. The van der Waals surface area contributed by atoms with Crippen LogP contribution >= 0.6 is 0 Å². The Balaban J connectivity index is 2.01. The Morgan fingerprint density at radius 2 is 1.38 bits per heavy atom. The molecule has 0 bridgehead atoms. The molecular formula is C23H19N. The first-order valence-corrected chi connectivity index (χ1v) is 8.22. The Hall–Kier alpha value is -3.06. The summed E-state index contributed by atoms with van der Waals surface area (Å²) in [6.07, 6.45) is 2.04. The van der Waals surface area contributed by atoms with Crippen LogP contribution in [0.5, 0.6) is 0 Å². The highest BCUT2D eigenvalue weighted by Crippen LogP contribution is 2.39. The Labute approximate surface area is 142 Å². The molecule has 116 valence electrons. The molecule has 1 unspecified atom stereocenters. The van der Waals surface area contributed by atoms with Crippen LogP contribution in [0.2, 0.25) is 0 Å². The molecule has 0 radical (unpaired) electrons. The Kier molecular flexibility index (Phi) is 3.76. The van der Waals surface area contributed by atoms with Crippen LogP contribution in [0.15, 0.2) is 97.6 Å². The van der Waals surface area contributed by atoms with Gasteiger partial charge in [-0.2, -0.15) is 0 Å². The number of allylic oxidation sites excluding steroid dienone is 1. The molecular weight excluding hydrogens is 290 g/mol. The minimum Gasteiger partial charge on any atom is -0.354 e. The van der Waals surface area contributed by atoms with Gasteiger partial charge in [-0.15, -0.1) is 6.58 Å². The van der Waals surface area contributed by atoms with Crippen LogP contribution in [-0.4, -0.2) is 4.98 Å². The third-order valence-corrected chi connectivity index (χ3v) is 4.51. The molecule has 1 nitrogen and oxygen atoms in total. The number of nitrogens with one attached hydrogen (secondary N) is 1. The molecule has 0 amide bonds. The highest BCUT2D eigenvalue weighted by Gasteiger charge is 2.20. The highest BCUT2D eigenvalue weighted by molar-refractivity contribution is 5.92. The van der Waals surface area contributed by atoms with Crippen molar-refractivity contribution >= 4 is 10.9 Å². The summed E-state index contributed by atoms with van der Waals surface area (Å²) in [7, 11) is 0. The molecule has 1 N–H and O–H groups in total. The van der Waals surface area contributed by atoms with Crippen molar-refractivity contribution in [2.75, 3.05) is 0 Å². The minimum absolute atomic E-state index is 0.151. The van der Waals surface area contributed by atoms with Gasteiger partial charge in [-0.1, -0.05) is 84.9 Å². The maximum atomic E-state index is 4.12. The van der Waals surface area contributed by atoms with E-state index in [1.807, 2.05) is 12.1 Å². The first kappa shape index (κ1) is 14.5. The van der Waals surface area contributed by atoms with Crippen LogP contribution < -0.4 is 0 Å². The van der Waals surface area contributed by atoms with Gasteiger partial charge in [0, 0.05) is 16.8 Å². The highest BCUT2D eigenvalue weighted by atomic mass is 14.7. The molecule has 1 heterocycles. The summed E-state index contributed by atoms with van der Waals surface area (Å²) in [4.78, 5) is 3.62.